The molecular formula is C43H29IrN3O-2. The standard InChI is InChI=1S/C25H15N2O.C18H14N.Ir/c26-16-18-7-5-17(6-8-18)13-19-11-12-27-23(14-19)20-9-10-25-22(15-20)21-3-1-2-4-24(21)28-25;1-14-13-19-18(16-10-6-3-7-11-16)12-17(14)15-8-4-2-5-9-15;/h1-8,10-12,14-15H,13H2;2-10,12-13H,1H3;/q2*-1;. The van der Waals surface area contributed by atoms with Gasteiger partial charge in [-0.3, -0.25) is 0 Å². The summed E-state index contributed by atoms with van der Waals surface area (Å²) in [4.78, 5) is 9.05. The number of pyridine rings is 2. The van der Waals surface area contributed by atoms with Crippen LogP contribution in [0.5, 0.6) is 0 Å². The number of hydrogen-bond acceptors (Lipinski definition) is 4. The van der Waals surface area contributed by atoms with Crippen molar-refractivity contribution in [3.8, 4) is 39.7 Å². The largest absolute Gasteiger partial charge is 0.500 e. The second kappa shape index (κ2) is 14.8. The SMILES string of the molecule is Cc1cnc(-c2[c-]cccc2)cc1-c1ccccc1.N#Cc1ccc(Cc2ccnc(-c3[c-]cc4oc5ccccc5c4c3)c2)cc1.[Ir]. The summed E-state index contributed by atoms with van der Waals surface area (Å²) in [5.41, 5.74) is 12.2. The number of aryl methyl sites for hydroxylation is 1. The van der Waals surface area contributed by atoms with E-state index >= 15 is 0 Å². The van der Waals surface area contributed by atoms with E-state index in [1.807, 2.05) is 97.3 Å². The summed E-state index contributed by atoms with van der Waals surface area (Å²) >= 11 is 0. The molecule has 0 aliphatic heterocycles. The molecule has 3 aromatic heterocycles. The van der Waals surface area contributed by atoms with E-state index in [2.05, 4.69) is 83.6 Å². The van der Waals surface area contributed by atoms with Gasteiger partial charge in [0.2, 0.25) is 0 Å². The normalized spacial score (nSPS) is 10.5. The van der Waals surface area contributed by atoms with E-state index in [-0.39, 0.29) is 20.1 Å². The van der Waals surface area contributed by atoms with Crippen LogP contribution in [-0.2, 0) is 26.5 Å². The molecule has 0 fully saturated rings. The monoisotopic (exact) mass is 796 g/mol. The van der Waals surface area contributed by atoms with E-state index in [9.17, 15) is 0 Å². The van der Waals surface area contributed by atoms with Crippen LogP contribution in [0, 0.1) is 30.4 Å². The molecular weight excluding hydrogens is 767 g/mol. The Bertz CT molecular complexity index is 2340. The number of furan rings is 1. The number of para-hydroxylation sites is 1. The number of nitrogens with zero attached hydrogens (tertiary/aromatic N) is 3. The average molecular weight is 796 g/mol. The number of rotatable bonds is 5. The zero-order valence-corrected chi connectivity index (χ0v) is 28.5. The van der Waals surface area contributed by atoms with E-state index in [4.69, 9.17) is 9.68 Å². The minimum absolute atomic E-state index is 0. The van der Waals surface area contributed by atoms with Crippen LogP contribution in [-0.4, -0.2) is 9.97 Å². The second-order valence-electron chi connectivity index (χ2n) is 11.3. The fourth-order valence-electron chi connectivity index (χ4n) is 5.63. The molecule has 1 radical (unpaired) electrons. The second-order valence-corrected chi connectivity index (χ2v) is 11.3. The average Bonchev–Trinajstić information content (AvgIpc) is 3.51. The van der Waals surface area contributed by atoms with E-state index in [0.29, 0.717) is 5.56 Å². The molecule has 3 heterocycles. The third kappa shape index (κ3) is 7.17. The van der Waals surface area contributed by atoms with Gasteiger partial charge >= 0.3 is 0 Å². The number of nitriles is 1. The number of hydrogen-bond donors (Lipinski definition) is 0. The third-order valence-corrected chi connectivity index (χ3v) is 8.07. The summed E-state index contributed by atoms with van der Waals surface area (Å²) in [6, 6.07) is 53.0. The van der Waals surface area contributed by atoms with Crippen LogP contribution in [0.25, 0.3) is 55.6 Å². The minimum Gasteiger partial charge on any atom is -0.500 e. The molecule has 8 aromatic rings. The smallest absolute Gasteiger partial charge is 0.120 e. The first kappa shape index (κ1) is 32.3. The van der Waals surface area contributed by atoms with Crippen LogP contribution >= 0.6 is 0 Å². The van der Waals surface area contributed by atoms with Crippen LogP contribution < -0.4 is 0 Å². The maximum Gasteiger partial charge on any atom is 0.120 e. The van der Waals surface area contributed by atoms with Gasteiger partial charge in [-0.1, -0.05) is 78.2 Å². The minimum atomic E-state index is 0. The Morgan fingerprint density at radius 3 is 2.25 bits per heavy atom. The molecule has 8 rings (SSSR count). The fraction of sp³-hybridized carbons (Fsp3) is 0.0465. The summed E-state index contributed by atoms with van der Waals surface area (Å²) in [6.45, 7) is 2.09. The van der Waals surface area contributed by atoms with Crippen molar-refractivity contribution < 1.29 is 24.5 Å². The van der Waals surface area contributed by atoms with Gasteiger partial charge in [0, 0.05) is 37.9 Å². The van der Waals surface area contributed by atoms with Crippen molar-refractivity contribution >= 4 is 21.9 Å². The van der Waals surface area contributed by atoms with Crippen LogP contribution in [0.1, 0.15) is 22.3 Å². The van der Waals surface area contributed by atoms with Crippen molar-refractivity contribution in [2.75, 3.05) is 0 Å². The maximum atomic E-state index is 8.94. The predicted molar refractivity (Wildman–Crippen MR) is 188 cm³/mol. The van der Waals surface area contributed by atoms with Gasteiger partial charge < -0.3 is 14.4 Å². The molecule has 0 spiro atoms. The Morgan fingerprint density at radius 2 is 1.46 bits per heavy atom. The van der Waals surface area contributed by atoms with Gasteiger partial charge in [0.15, 0.2) is 0 Å². The molecule has 0 unspecified atom stereocenters. The zero-order valence-electron chi connectivity index (χ0n) is 26.1. The van der Waals surface area contributed by atoms with E-state index < -0.39 is 0 Å². The Balaban J connectivity index is 0.000000176. The molecule has 0 amide bonds. The first-order chi connectivity index (χ1) is 23.1. The molecule has 0 saturated heterocycles. The molecule has 48 heavy (non-hydrogen) atoms. The van der Waals surface area contributed by atoms with Crippen molar-refractivity contribution in [2.45, 2.75) is 13.3 Å². The van der Waals surface area contributed by atoms with Crippen molar-refractivity contribution in [1.29, 1.82) is 5.26 Å². The number of aromatic nitrogens is 2. The topological polar surface area (TPSA) is 62.7 Å². The summed E-state index contributed by atoms with van der Waals surface area (Å²) < 4.78 is 5.89. The molecule has 0 N–H and O–H groups in total. The van der Waals surface area contributed by atoms with Gasteiger partial charge in [0.1, 0.15) is 5.58 Å². The first-order valence-corrected chi connectivity index (χ1v) is 15.4. The van der Waals surface area contributed by atoms with Crippen LogP contribution in [0.2, 0.25) is 0 Å². The van der Waals surface area contributed by atoms with Crippen LogP contribution in [0.15, 0.2) is 150 Å². The van der Waals surface area contributed by atoms with Gasteiger partial charge in [0.05, 0.1) is 17.2 Å². The molecule has 0 saturated carbocycles. The molecule has 0 bridgehead atoms. The molecule has 5 heteroatoms. The third-order valence-electron chi connectivity index (χ3n) is 8.07. The van der Waals surface area contributed by atoms with Crippen molar-refractivity contribution in [3.05, 3.63) is 180 Å². The van der Waals surface area contributed by atoms with Gasteiger partial charge in [-0.2, -0.15) is 5.26 Å². The number of benzene rings is 5. The quantitative estimate of drug-likeness (QED) is 0.163. The van der Waals surface area contributed by atoms with E-state index in [1.165, 1.54) is 22.3 Å². The number of fused-ring (bicyclic) bond motifs is 3. The first-order valence-electron chi connectivity index (χ1n) is 15.4. The van der Waals surface area contributed by atoms with Gasteiger partial charge in [-0.15, -0.1) is 59.7 Å². The van der Waals surface area contributed by atoms with E-state index in [0.717, 1.165) is 56.4 Å². The van der Waals surface area contributed by atoms with Crippen LogP contribution in [0.4, 0.5) is 0 Å². The molecule has 0 atom stereocenters. The summed E-state index contributed by atoms with van der Waals surface area (Å²) in [5, 5.41) is 11.1. The van der Waals surface area contributed by atoms with E-state index in [1.54, 1.807) is 0 Å². The van der Waals surface area contributed by atoms with Gasteiger partial charge in [0.25, 0.3) is 0 Å². The van der Waals surface area contributed by atoms with Crippen molar-refractivity contribution in [3.63, 3.8) is 0 Å². The molecule has 4 nitrogen and oxygen atoms in total. The summed E-state index contributed by atoms with van der Waals surface area (Å²) in [7, 11) is 0. The Morgan fingerprint density at radius 1 is 0.688 bits per heavy atom. The molecule has 0 aliphatic carbocycles. The Hall–Kier alpha value is -5.66. The zero-order chi connectivity index (χ0) is 32.0. The summed E-state index contributed by atoms with van der Waals surface area (Å²) in [5.74, 6) is 0. The Kier molecular flexibility index (Phi) is 9.98. The van der Waals surface area contributed by atoms with Crippen molar-refractivity contribution in [2.24, 2.45) is 0 Å². The van der Waals surface area contributed by atoms with Gasteiger partial charge in [-0.25, -0.2) is 0 Å². The molecule has 5 aromatic carbocycles. The van der Waals surface area contributed by atoms with Gasteiger partial charge in [-0.05, 0) is 76.8 Å². The molecule has 0 aliphatic rings. The fourth-order valence-corrected chi connectivity index (χ4v) is 5.63. The summed E-state index contributed by atoms with van der Waals surface area (Å²) in [6.07, 6.45) is 4.55. The van der Waals surface area contributed by atoms with Crippen LogP contribution in [0.3, 0.4) is 0 Å². The van der Waals surface area contributed by atoms with Crippen molar-refractivity contribution in [1.82, 2.24) is 9.97 Å². The molecule has 233 valence electrons. The predicted octanol–water partition coefficient (Wildman–Crippen LogP) is 10.4. The maximum absolute atomic E-state index is 8.94. The Labute approximate surface area is 293 Å².